The van der Waals surface area contributed by atoms with E-state index in [4.69, 9.17) is 28.9 Å². The lowest BCUT2D eigenvalue weighted by Crippen LogP contribution is -2.35. The topological polar surface area (TPSA) is 46.3 Å². The zero-order chi connectivity index (χ0) is 13.3. The van der Waals surface area contributed by atoms with Crippen LogP contribution in [0.4, 0.5) is 5.69 Å². The van der Waals surface area contributed by atoms with Gasteiger partial charge in [-0.15, -0.1) is 0 Å². The van der Waals surface area contributed by atoms with Crippen LogP contribution in [0.5, 0.6) is 0 Å². The van der Waals surface area contributed by atoms with Crippen LogP contribution in [0.15, 0.2) is 23.8 Å². The Labute approximate surface area is 116 Å². The standard InChI is InChI=1S/C13H14Cl2N2O/c1-8-3-2-4-17(7-8)13(18)9-5-10(14)12(16)11(15)6-9/h3,5-6H,2,4,7,16H2,1H3. The Morgan fingerprint density at radius 3 is 2.50 bits per heavy atom. The molecule has 1 aromatic rings. The summed E-state index contributed by atoms with van der Waals surface area (Å²) in [5.74, 6) is -0.0637. The Hall–Kier alpha value is -1.19. The van der Waals surface area contributed by atoms with Gasteiger partial charge in [-0.05, 0) is 25.5 Å². The van der Waals surface area contributed by atoms with E-state index < -0.39 is 0 Å². The molecule has 2 N–H and O–H groups in total. The number of rotatable bonds is 1. The lowest BCUT2D eigenvalue weighted by molar-refractivity contribution is 0.0766. The normalized spacial score (nSPS) is 15.5. The van der Waals surface area contributed by atoms with Crippen molar-refractivity contribution in [2.45, 2.75) is 13.3 Å². The minimum atomic E-state index is -0.0637. The highest BCUT2D eigenvalue weighted by Gasteiger charge is 2.19. The van der Waals surface area contributed by atoms with Gasteiger partial charge in [-0.2, -0.15) is 0 Å². The Morgan fingerprint density at radius 2 is 1.94 bits per heavy atom. The van der Waals surface area contributed by atoms with E-state index in [1.807, 2.05) is 6.92 Å². The fourth-order valence-electron chi connectivity index (χ4n) is 1.98. The average Bonchev–Trinajstić information content (AvgIpc) is 2.34. The van der Waals surface area contributed by atoms with Gasteiger partial charge in [0, 0.05) is 18.7 Å². The molecule has 0 radical (unpaired) electrons. The van der Waals surface area contributed by atoms with Gasteiger partial charge in [0.05, 0.1) is 15.7 Å². The van der Waals surface area contributed by atoms with Crippen molar-refractivity contribution in [2.24, 2.45) is 0 Å². The van der Waals surface area contributed by atoms with E-state index in [2.05, 4.69) is 6.08 Å². The minimum absolute atomic E-state index is 0.0637. The maximum atomic E-state index is 12.3. The summed E-state index contributed by atoms with van der Waals surface area (Å²) in [7, 11) is 0. The van der Waals surface area contributed by atoms with Crippen molar-refractivity contribution in [3.05, 3.63) is 39.4 Å². The third kappa shape index (κ3) is 2.62. The van der Waals surface area contributed by atoms with E-state index >= 15 is 0 Å². The molecule has 0 spiro atoms. The monoisotopic (exact) mass is 284 g/mol. The lowest BCUT2D eigenvalue weighted by Gasteiger charge is -2.26. The number of anilines is 1. The molecule has 0 aromatic heterocycles. The second kappa shape index (κ2) is 5.21. The Bertz CT molecular complexity index is 503. The van der Waals surface area contributed by atoms with Crippen molar-refractivity contribution >= 4 is 34.8 Å². The van der Waals surface area contributed by atoms with Crippen LogP contribution in [0.2, 0.25) is 10.0 Å². The highest BCUT2D eigenvalue weighted by Crippen LogP contribution is 2.29. The number of nitrogens with two attached hydrogens (primary N) is 1. The Morgan fingerprint density at radius 1 is 1.33 bits per heavy atom. The molecule has 1 amide bonds. The number of hydrogen-bond acceptors (Lipinski definition) is 2. The van der Waals surface area contributed by atoms with Crippen LogP contribution < -0.4 is 5.73 Å². The predicted molar refractivity (Wildman–Crippen MR) is 75.2 cm³/mol. The number of nitrogen functional groups attached to an aromatic ring is 1. The molecule has 96 valence electrons. The molecule has 0 aliphatic carbocycles. The fraction of sp³-hybridized carbons (Fsp3) is 0.308. The largest absolute Gasteiger partial charge is 0.396 e. The SMILES string of the molecule is CC1=CCCN(C(=O)c2cc(Cl)c(N)c(Cl)c2)C1. The molecule has 0 atom stereocenters. The third-order valence-electron chi connectivity index (χ3n) is 2.95. The predicted octanol–water partition coefficient (Wildman–Crippen LogP) is 3.37. The van der Waals surface area contributed by atoms with Crippen LogP contribution in [-0.4, -0.2) is 23.9 Å². The molecule has 1 aliphatic rings. The van der Waals surface area contributed by atoms with Gasteiger partial charge in [0.25, 0.3) is 5.91 Å². The van der Waals surface area contributed by atoms with Crippen molar-refractivity contribution in [1.29, 1.82) is 0 Å². The third-order valence-corrected chi connectivity index (χ3v) is 3.57. The van der Waals surface area contributed by atoms with Gasteiger partial charge >= 0.3 is 0 Å². The van der Waals surface area contributed by atoms with E-state index in [9.17, 15) is 4.79 Å². The Balaban J connectivity index is 2.27. The Kier molecular flexibility index (Phi) is 3.83. The highest BCUT2D eigenvalue weighted by atomic mass is 35.5. The summed E-state index contributed by atoms with van der Waals surface area (Å²) in [6, 6.07) is 3.14. The van der Waals surface area contributed by atoms with Crippen LogP contribution in [-0.2, 0) is 0 Å². The number of hydrogen-bond donors (Lipinski definition) is 1. The van der Waals surface area contributed by atoms with E-state index in [0.717, 1.165) is 13.0 Å². The number of carbonyl (C=O) groups excluding carboxylic acids is 1. The molecule has 3 nitrogen and oxygen atoms in total. The number of amides is 1. The van der Waals surface area contributed by atoms with E-state index in [1.165, 1.54) is 5.57 Å². The van der Waals surface area contributed by atoms with Crippen molar-refractivity contribution in [1.82, 2.24) is 4.90 Å². The number of nitrogens with zero attached hydrogens (tertiary/aromatic N) is 1. The summed E-state index contributed by atoms with van der Waals surface area (Å²) in [6.07, 6.45) is 3.03. The molecule has 1 aliphatic heterocycles. The summed E-state index contributed by atoms with van der Waals surface area (Å²) >= 11 is 11.9. The van der Waals surface area contributed by atoms with Gasteiger partial charge in [-0.25, -0.2) is 0 Å². The van der Waals surface area contributed by atoms with Crippen LogP contribution in [0, 0.1) is 0 Å². The van der Waals surface area contributed by atoms with Crippen molar-refractivity contribution in [3.8, 4) is 0 Å². The van der Waals surface area contributed by atoms with Crippen LogP contribution in [0.3, 0.4) is 0 Å². The molecule has 0 saturated carbocycles. The van der Waals surface area contributed by atoms with Gasteiger partial charge in [0.2, 0.25) is 0 Å². The highest BCUT2D eigenvalue weighted by molar-refractivity contribution is 6.39. The average molecular weight is 285 g/mol. The first-order valence-corrected chi connectivity index (χ1v) is 6.44. The van der Waals surface area contributed by atoms with Gasteiger partial charge in [0.1, 0.15) is 0 Å². The molecule has 2 rings (SSSR count). The molecule has 1 aromatic carbocycles. The first-order chi connectivity index (χ1) is 8.49. The van der Waals surface area contributed by atoms with Gasteiger partial charge in [0.15, 0.2) is 0 Å². The summed E-state index contributed by atoms with van der Waals surface area (Å²) < 4.78 is 0. The second-order valence-corrected chi connectivity index (χ2v) is 5.23. The first-order valence-electron chi connectivity index (χ1n) is 5.68. The maximum Gasteiger partial charge on any atom is 0.254 e. The molecule has 0 bridgehead atoms. The summed E-state index contributed by atoms with van der Waals surface area (Å²) in [5.41, 5.74) is 7.64. The number of benzene rings is 1. The first kappa shape index (κ1) is 13.2. The fourth-order valence-corrected chi connectivity index (χ4v) is 2.46. The lowest BCUT2D eigenvalue weighted by atomic mass is 10.1. The van der Waals surface area contributed by atoms with Crippen molar-refractivity contribution < 1.29 is 4.79 Å². The van der Waals surface area contributed by atoms with Gasteiger partial charge in [-0.3, -0.25) is 4.79 Å². The van der Waals surface area contributed by atoms with Gasteiger partial charge in [-0.1, -0.05) is 34.9 Å². The van der Waals surface area contributed by atoms with E-state index in [-0.39, 0.29) is 5.91 Å². The summed E-state index contributed by atoms with van der Waals surface area (Å²) in [5, 5.41) is 0.630. The maximum absolute atomic E-state index is 12.3. The zero-order valence-corrected chi connectivity index (χ0v) is 11.6. The van der Waals surface area contributed by atoms with E-state index in [0.29, 0.717) is 27.8 Å². The van der Waals surface area contributed by atoms with Crippen molar-refractivity contribution in [3.63, 3.8) is 0 Å². The molecular weight excluding hydrogens is 271 g/mol. The molecule has 0 fully saturated rings. The molecule has 0 saturated heterocycles. The quantitative estimate of drug-likeness (QED) is 0.635. The minimum Gasteiger partial charge on any atom is -0.396 e. The van der Waals surface area contributed by atoms with Gasteiger partial charge < -0.3 is 10.6 Å². The van der Waals surface area contributed by atoms with Crippen LogP contribution in [0.1, 0.15) is 23.7 Å². The smallest absolute Gasteiger partial charge is 0.254 e. The van der Waals surface area contributed by atoms with Crippen LogP contribution >= 0.6 is 23.2 Å². The van der Waals surface area contributed by atoms with Crippen molar-refractivity contribution in [2.75, 3.05) is 18.8 Å². The van der Waals surface area contributed by atoms with E-state index in [1.54, 1.807) is 17.0 Å². The zero-order valence-electron chi connectivity index (χ0n) is 10.0. The molecule has 5 heteroatoms. The molecular formula is C13H14Cl2N2O. The molecule has 1 heterocycles. The summed E-state index contributed by atoms with van der Waals surface area (Å²) in [4.78, 5) is 14.1. The molecule has 18 heavy (non-hydrogen) atoms. The van der Waals surface area contributed by atoms with Crippen LogP contribution in [0.25, 0.3) is 0 Å². The number of carbonyl (C=O) groups is 1. The second-order valence-electron chi connectivity index (χ2n) is 4.42. The molecule has 0 unspecified atom stereocenters. The summed E-state index contributed by atoms with van der Waals surface area (Å²) in [6.45, 7) is 3.39. The number of halogens is 2.